The predicted molar refractivity (Wildman–Crippen MR) is 107 cm³/mol. The number of carbonyl (C=O) groups is 2. The Kier molecular flexibility index (Phi) is 7.33. The van der Waals surface area contributed by atoms with Gasteiger partial charge in [0.25, 0.3) is 5.91 Å². The van der Waals surface area contributed by atoms with Gasteiger partial charge in [-0.2, -0.15) is 11.3 Å². The minimum Gasteiger partial charge on any atom is -0.385 e. The van der Waals surface area contributed by atoms with Gasteiger partial charge >= 0.3 is 0 Å². The summed E-state index contributed by atoms with van der Waals surface area (Å²) in [5.41, 5.74) is 1.57. The molecule has 0 atom stereocenters. The highest BCUT2D eigenvalue weighted by Crippen LogP contribution is 2.26. The average molecular weight is 409 g/mol. The van der Waals surface area contributed by atoms with Crippen LogP contribution in [-0.4, -0.2) is 79.6 Å². The van der Waals surface area contributed by atoms with Crippen LogP contribution >= 0.6 is 22.7 Å². The van der Waals surface area contributed by atoms with Gasteiger partial charge in [-0.25, -0.2) is 4.98 Å². The molecule has 2 amide bonds. The summed E-state index contributed by atoms with van der Waals surface area (Å²) in [4.78, 5) is 33.0. The molecule has 0 spiro atoms. The molecule has 0 saturated carbocycles. The fourth-order valence-electron chi connectivity index (χ4n) is 2.87. The fraction of sp³-hybridized carbons (Fsp3) is 0.500. The Balaban J connectivity index is 1.43. The van der Waals surface area contributed by atoms with E-state index in [2.05, 4.69) is 15.2 Å². The summed E-state index contributed by atoms with van der Waals surface area (Å²) in [6, 6.07) is 2.01. The van der Waals surface area contributed by atoms with Crippen LogP contribution in [0.25, 0.3) is 10.6 Å². The average Bonchev–Trinajstić information content (AvgIpc) is 3.36. The number of ether oxygens (including phenoxy) is 1. The van der Waals surface area contributed by atoms with Crippen LogP contribution in [0.4, 0.5) is 0 Å². The van der Waals surface area contributed by atoms with Gasteiger partial charge in [0.1, 0.15) is 10.7 Å². The Morgan fingerprint density at radius 3 is 2.78 bits per heavy atom. The Bertz CT molecular complexity index is 740. The van der Waals surface area contributed by atoms with Crippen LogP contribution in [0, 0.1) is 0 Å². The van der Waals surface area contributed by atoms with Crippen molar-refractivity contribution < 1.29 is 14.3 Å². The van der Waals surface area contributed by atoms with Crippen molar-refractivity contribution in [2.45, 2.75) is 6.42 Å². The number of nitrogens with zero attached hydrogens (tertiary/aromatic N) is 3. The van der Waals surface area contributed by atoms with E-state index in [1.807, 2.05) is 27.1 Å². The monoisotopic (exact) mass is 408 g/mol. The highest BCUT2D eigenvalue weighted by Gasteiger charge is 2.24. The lowest BCUT2D eigenvalue weighted by Gasteiger charge is -2.33. The van der Waals surface area contributed by atoms with Crippen LogP contribution in [0.15, 0.2) is 22.2 Å². The van der Waals surface area contributed by atoms with E-state index in [0.717, 1.165) is 17.0 Å². The topological polar surface area (TPSA) is 74.8 Å². The summed E-state index contributed by atoms with van der Waals surface area (Å²) in [7, 11) is 1.65. The summed E-state index contributed by atoms with van der Waals surface area (Å²) in [6.45, 7) is 4.25. The van der Waals surface area contributed by atoms with Crippen LogP contribution in [0.1, 0.15) is 16.9 Å². The zero-order chi connectivity index (χ0) is 19.1. The fourth-order valence-corrected chi connectivity index (χ4v) is 4.37. The summed E-state index contributed by atoms with van der Waals surface area (Å²) in [5, 5.41) is 9.64. The van der Waals surface area contributed by atoms with E-state index < -0.39 is 0 Å². The van der Waals surface area contributed by atoms with E-state index in [1.54, 1.807) is 18.4 Å². The Labute approximate surface area is 167 Å². The molecule has 0 aliphatic carbocycles. The summed E-state index contributed by atoms with van der Waals surface area (Å²) < 4.78 is 4.96. The minimum absolute atomic E-state index is 0.0192. The van der Waals surface area contributed by atoms with Crippen molar-refractivity contribution in [3.8, 4) is 10.6 Å². The second-order valence-electron chi connectivity index (χ2n) is 6.31. The number of amides is 2. The third kappa shape index (κ3) is 5.58. The molecular weight excluding hydrogens is 384 g/mol. The van der Waals surface area contributed by atoms with Gasteiger partial charge in [0.2, 0.25) is 5.91 Å². The van der Waals surface area contributed by atoms with Gasteiger partial charge in [0.05, 0.1) is 6.54 Å². The maximum absolute atomic E-state index is 12.7. The Hall–Kier alpha value is -1.81. The van der Waals surface area contributed by atoms with Gasteiger partial charge in [-0.15, -0.1) is 11.3 Å². The molecule has 27 heavy (non-hydrogen) atoms. The minimum atomic E-state index is -0.0311. The number of thiazole rings is 1. The molecule has 0 bridgehead atoms. The summed E-state index contributed by atoms with van der Waals surface area (Å²) in [5.74, 6) is -0.0119. The predicted octanol–water partition coefficient (Wildman–Crippen LogP) is 1.78. The lowest BCUT2D eigenvalue weighted by molar-refractivity contribution is -0.122. The number of hydrogen-bond donors (Lipinski definition) is 1. The normalized spacial score (nSPS) is 15.1. The molecule has 2 aromatic heterocycles. The molecule has 1 aliphatic heterocycles. The second kappa shape index (κ2) is 9.93. The molecule has 1 N–H and O–H groups in total. The van der Waals surface area contributed by atoms with Gasteiger partial charge in [-0.05, 0) is 17.9 Å². The number of methoxy groups -OCH3 is 1. The van der Waals surface area contributed by atoms with E-state index in [4.69, 9.17) is 4.74 Å². The zero-order valence-corrected chi connectivity index (χ0v) is 17.0. The Morgan fingerprint density at radius 2 is 2.07 bits per heavy atom. The third-order valence-corrected chi connectivity index (χ3v) is 5.94. The zero-order valence-electron chi connectivity index (χ0n) is 15.3. The number of nitrogens with one attached hydrogen (secondary N) is 1. The highest BCUT2D eigenvalue weighted by molar-refractivity contribution is 7.14. The van der Waals surface area contributed by atoms with Crippen LogP contribution in [0.2, 0.25) is 0 Å². The maximum Gasteiger partial charge on any atom is 0.273 e. The number of aromatic nitrogens is 1. The first-order chi connectivity index (χ1) is 13.2. The van der Waals surface area contributed by atoms with Crippen LogP contribution < -0.4 is 5.32 Å². The molecular formula is C18H24N4O3S2. The Morgan fingerprint density at radius 1 is 1.26 bits per heavy atom. The molecule has 3 heterocycles. The lowest BCUT2D eigenvalue weighted by atomic mass is 10.2. The van der Waals surface area contributed by atoms with Crippen molar-refractivity contribution in [2.75, 3.05) is 53.0 Å². The number of thiophene rings is 1. The smallest absolute Gasteiger partial charge is 0.273 e. The molecule has 1 saturated heterocycles. The van der Waals surface area contributed by atoms with Crippen molar-refractivity contribution in [1.82, 2.24) is 20.1 Å². The van der Waals surface area contributed by atoms with Crippen LogP contribution in [-0.2, 0) is 9.53 Å². The van der Waals surface area contributed by atoms with Crippen molar-refractivity contribution in [2.24, 2.45) is 0 Å². The molecule has 0 radical (unpaired) electrons. The molecule has 9 heteroatoms. The number of rotatable bonds is 8. The standard InChI is InChI=1S/C18H24N4O3S2/c1-25-9-2-4-19-16(23)11-21-5-7-22(8-6-21)18(24)15-13-27-17(20-15)14-3-10-26-12-14/h3,10,12-13H,2,4-9,11H2,1H3,(H,19,23). The van der Waals surface area contributed by atoms with Gasteiger partial charge in [-0.3, -0.25) is 14.5 Å². The van der Waals surface area contributed by atoms with E-state index >= 15 is 0 Å². The van der Waals surface area contributed by atoms with Gasteiger partial charge in [-0.1, -0.05) is 0 Å². The third-order valence-electron chi connectivity index (χ3n) is 4.37. The van der Waals surface area contributed by atoms with Crippen LogP contribution in [0.5, 0.6) is 0 Å². The largest absolute Gasteiger partial charge is 0.385 e. The van der Waals surface area contributed by atoms with E-state index in [9.17, 15) is 9.59 Å². The molecule has 146 valence electrons. The SMILES string of the molecule is COCCCNC(=O)CN1CCN(C(=O)c2csc(-c3ccsc3)n2)CC1. The molecule has 2 aromatic rings. The molecule has 0 aromatic carbocycles. The summed E-state index contributed by atoms with van der Waals surface area (Å²) in [6.07, 6.45) is 0.811. The van der Waals surface area contributed by atoms with Crippen molar-refractivity contribution >= 4 is 34.5 Å². The van der Waals surface area contributed by atoms with E-state index in [1.165, 1.54) is 11.3 Å². The first-order valence-corrected chi connectivity index (χ1v) is 10.7. The number of hydrogen-bond acceptors (Lipinski definition) is 7. The highest BCUT2D eigenvalue weighted by atomic mass is 32.1. The first kappa shape index (κ1) is 19.9. The summed E-state index contributed by atoms with van der Waals surface area (Å²) >= 11 is 3.11. The first-order valence-electron chi connectivity index (χ1n) is 8.92. The lowest BCUT2D eigenvalue weighted by Crippen LogP contribution is -2.51. The van der Waals surface area contributed by atoms with Crippen molar-refractivity contribution in [1.29, 1.82) is 0 Å². The molecule has 1 fully saturated rings. The van der Waals surface area contributed by atoms with Crippen molar-refractivity contribution in [3.05, 3.63) is 27.9 Å². The molecule has 3 rings (SSSR count). The maximum atomic E-state index is 12.7. The second-order valence-corrected chi connectivity index (χ2v) is 7.95. The molecule has 0 unspecified atom stereocenters. The van der Waals surface area contributed by atoms with Gasteiger partial charge in [0.15, 0.2) is 0 Å². The number of piperazine rings is 1. The molecule has 7 nitrogen and oxygen atoms in total. The van der Waals surface area contributed by atoms with Crippen molar-refractivity contribution in [3.63, 3.8) is 0 Å². The van der Waals surface area contributed by atoms with Crippen LogP contribution in [0.3, 0.4) is 0 Å². The molecule has 1 aliphatic rings. The quantitative estimate of drug-likeness (QED) is 0.674. The van der Waals surface area contributed by atoms with Gasteiger partial charge in [0, 0.05) is 62.8 Å². The van der Waals surface area contributed by atoms with E-state index in [0.29, 0.717) is 51.6 Å². The van der Waals surface area contributed by atoms with Gasteiger partial charge < -0.3 is 15.0 Å². The van der Waals surface area contributed by atoms with E-state index in [-0.39, 0.29) is 11.8 Å². The number of carbonyl (C=O) groups excluding carboxylic acids is 2.